The molecule has 2 aliphatic rings. The average molecular weight is 215 g/mol. The van der Waals surface area contributed by atoms with Crippen LogP contribution in [-0.4, -0.2) is 42.4 Å². The molecule has 0 spiro atoms. The molecule has 0 aromatic heterocycles. The third kappa shape index (κ3) is 2.01. The van der Waals surface area contributed by atoms with Crippen LogP contribution in [0.5, 0.6) is 0 Å². The Labute approximate surface area is 88.8 Å². The van der Waals surface area contributed by atoms with Crippen molar-refractivity contribution in [2.24, 2.45) is 5.73 Å². The molecule has 15 heavy (non-hydrogen) atoms. The van der Waals surface area contributed by atoms with Gasteiger partial charge in [-0.2, -0.15) is 0 Å². The highest BCUT2D eigenvalue weighted by Crippen LogP contribution is 2.37. The summed E-state index contributed by atoms with van der Waals surface area (Å²) >= 11 is 0. The molecular formula is C10H17NO4. The van der Waals surface area contributed by atoms with Gasteiger partial charge in [-0.25, -0.2) is 0 Å². The maximum absolute atomic E-state index is 8.68. The van der Waals surface area contributed by atoms with Crippen molar-refractivity contribution in [1.82, 2.24) is 0 Å². The Balaban J connectivity index is 2.05. The first-order valence-corrected chi connectivity index (χ1v) is 5.10. The Morgan fingerprint density at radius 2 is 2.27 bits per heavy atom. The van der Waals surface area contributed by atoms with Crippen molar-refractivity contribution in [2.75, 3.05) is 13.2 Å². The molecule has 0 aromatic carbocycles. The monoisotopic (exact) mass is 215 g/mol. The van der Waals surface area contributed by atoms with Crippen molar-refractivity contribution in [2.45, 2.75) is 37.9 Å². The summed E-state index contributed by atoms with van der Waals surface area (Å²) in [6.07, 6.45) is 1.38. The number of nitrogens with two attached hydrogens (primary N) is 1. The normalized spacial score (nSPS) is 37.6. The second-order valence-electron chi connectivity index (χ2n) is 4.24. The minimum atomic E-state index is -0.616. The van der Waals surface area contributed by atoms with Crippen LogP contribution in [0.2, 0.25) is 0 Å². The molecule has 1 saturated heterocycles. The van der Waals surface area contributed by atoms with Crippen molar-refractivity contribution in [3.05, 3.63) is 11.8 Å². The first-order chi connectivity index (χ1) is 7.03. The van der Waals surface area contributed by atoms with Crippen LogP contribution >= 0.6 is 0 Å². The minimum absolute atomic E-state index is 0.0196. The van der Waals surface area contributed by atoms with E-state index in [1.807, 2.05) is 13.8 Å². The highest BCUT2D eigenvalue weighted by molar-refractivity contribution is 5.21. The van der Waals surface area contributed by atoms with Gasteiger partial charge in [-0.05, 0) is 19.9 Å². The lowest BCUT2D eigenvalue weighted by Gasteiger charge is -2.19. The van der Waals surface area contributed by atoms with Crippen LogP contribution in [0, 0.1) is 0 Å². The summed E-state index contributed by atoms with van der Waals surface area (Å²) in [4.78, 5) is 0. The predicted octanol–water partition coefficient (Wildman–Crippen LogP) is -0.260. The van der Waals surface area contributed by atoms with Gasteiger partial charge in [0.15, 0.2) is 5.79 Å². The van der Waals surface area contributed by atoms with Crippen LogP contribution in [0.1, 0.15) is 13.8 Å². The summed E-state index contributed by atoms with van der Waals surface area (Å²) in [7, 11) is 0. The zero-order valence-corrected chi connectivity index (χ0v) is 8.97. The molecule has 0 bridgehead atoms. The minimum Gasteiger partial charge on any atom is -0.493 e. The Kier molecular flexibility index (Phi) is 2.72. The maximum Gasteiger partial charge on any atom is 0.164 e. The third-order valence-electron chi connectivity index (χ3n) is 2.51. The van der Waals surface area contributed by atoms with E-state index in [9.17, 15) is 0 Å². The fourth-order valence-electron chi connectivity index (χ4n) is 1.96. The van der Waals surface area contributed by atoms with E-state index < -0.39 is 5.79 Å². The number of aliphatic hydroxyl groups excluding tert-OH is 1. The van der Waals surface area contributed by atoms with Crippen molar-refractivity contribution in [3.8, 4) is 0 Å². The van der Waals surface area contributed by atoms with Gasteiger partial charge in [0.2, 0.25) is 0 Å². The van der Waals surface area contributed by atoms with E-state index in [0.29, 0.717) is 5.76 Å². The molecule has 0 radical (unpaired) electrons. The van der Waals surface area contributed by atoms with E-state index in [1.54, 1.807) is 6.08 Å². The van der Waals surface area contributed by atoms with Gasteiger partial charge in [-0.1, -0.05) is 0 Å². The van der Waals surface area contributed by atoms with Gasteiger partial charge in [0.25, 0.3) is 0 Å². The van der Waals surface area contributed by atoms with E-state index in [0.717, 1.165) is 0 Å². The molecule has 0 saturated carbocycles. The standard InChI is InChI=1S/C10H17NO4/c1-10(2)14-8-6(11)5-7(9(8)15-10)13-4-3-12/h5-6,8-9,12H,3-4,11H2,1-2H3. The summed E-state index contributed by atoms with van der Waals surface area (Å²) in [5, 5.41) is 8.68. The third-order valence-corrected chi connectivity index (χ3v) is 2.51. The van der Waals surface area contributed by atoms with Gasteiger partial charge in [0, 0.05) is 0 Å². The Morgan fingerprint density at radius 3 is 2.93 bits per heavy atom. The molecular weight excluding hydrogens is 198 g/mol. The Morgan fingerprint density at radius 1 is 1.53 bits per heavy atom. The molecule has 1 aliphatic heterocycles. The van der Waals surface area contributed by atoms with E-state index in [4.69, 9.17) is 25.1 Å². The zero-order valence-electron chi connectivity index (χ0n) is 8.97. The van der Waals surface area contributed by atoms with Crippen molar-refractivity contribution in [1.29, 1.82) is 0 Å². The lowest BCUT2D eigenvalue weighted by Crippen LogP contribution is -2.35. The van der Waals surface area contributed by atoms with Gasteiger partial charge in [-0.15, -0.1) is 0 Å². The fourth-order valence-corrected chi connectivity index (χ4v) is 1.96. The summed E-state index contributed by atoms with van der Waals surface area (Å²) < 4.78 is 16.7. The number of rotatable bonds is 3. The Hall–Kier alpha value is -0.620. The largest absolute Gasteiger partial charge is 0.493 e. The van der Waals surface area contributed by atoms with Gasteiger partial charge in [0.1, 0.15) is 24.6 Å². The lowest BCUT2D eigenvalue weighted by atomic mass is 10.2. The molecule has 3 N–H and O–H groups in total. The smallest absolute Gasteiger partial charge is 0.164 e. The summed E-state index contributed by atoms with van der Waals surface area (Å²) in [6.45, 7) is 3.93. The highest BCUT2D eigenvalue weighted by atomic mass is 16.8. The summed E-state index contributed by atoms with van der Waals surface area (Å²) in [5.74, 6) is 0.0572. The Bertz CT molecular complexity index is 277. The number of ether oxygens (including phenoxy) is 3. The average Bonchev–Trinajstić information content (AvgIpc) is 2.60. The van der Waals surface area contributed by atoms with Crippen molar-refractivity contribution in [3.63, 3.8) is 0 Å². The van der Waals surface area contributed by atoms with Gasteiger partial charge in [-0.3, -0.25) is 0 Å². The number of hydrogen-bond acceptors (Lipinski definition) is 5. The van der Waals surface area contributed by atoms with Gasteiger partial charge >= 0.3 is 0 Å². The van der Waals surface area contributed by atoms with Crippen LogP contribution in [0.15, 0.2) is 11.8 Å². The topological polar surface area (TPSA) is 73.9 Å². The molecule has 5 heteroatoms. The second-order valence-corrected chi connectivity index (χ2v) is 4.24. The van der Waals surface area contributed by atoms with E-state index in [-0.39, 0.29) is 31.5 Å². The quantitative estimate of drug-likeness (QED) is 0.678. The van der Waals surface area contributed by atoms with Gasteiger partial charge < -0.3 is 25.1 Å². The molecule has 3 unspecified atom stereocenters. The number of hydrogen-bond donors (Lipinski definition) is 2. The van der Waals surface area contributed by atoms with Gasteiger partial charge in [0.05, 0.1) is 12.6 Å². The van der Waals surface area contributed by atoms with Crippen molar-refractivity contribution >= 4 is 0 Å². The SMILES string of the molecule is CC1(C)OC2C(OCCO)=CC(N)C2O1. The van der Waals surface area contributed by atoms with Crippen LogP contribution < -0.4 is 5.73 Å². The molecule has 1 aliphatic carbocycles. The van der Waals surface area contributed by atoms with Crippen LogP contribution in [0.25, 0.3) is 0 Å². The van der Waals surface area contributed by atoms with E-state index in [1.165, 1.54) is 0 Å². The molecule has 1 heterocycles. The molecule has 0 aromatic rings. The predicted molar refractivity (Wildman–Crippen MR) is 52.9 cm³/mol. The summed E-state index contributed by atoms with van der Waals surface area (Å²) in [6, 6.07) is -0.203. The molecule has 86 valence electrons. The highest BCUT2D eigenvalue weighted by Gasteiger charge is 2.49. The molecule has 2 rings (SSSR count). The lowest BCUT2D eigenvalue weighted by molar-refractivity contribution is -0.149. The number of fused-ring (bicyclic) bond motifs is 1. The van der Waals surface area contributed by atoms with E-state index in [2.05, 4.69) is 0 Å². The number of aliphatic hydroxyl groups is 1. The zero-order chi connectivity index (χ0) is 11.1. The van der Waals surface area contributed by atoms with Crippen LogP contribution in [0.4, 0.5) is 0 Å². The maximum atomic E-state index is 8.68. The van der Waals surface area contributed by atoms with Crippen LogP contribution in [-0.2, 0) is 14.2 Å². The van der Waals surface area contributed by atoms with E-state index >= 15 is 0 Å². The van der Waals surface area contributed by atoms with Crippen molar-refractivity contribution < 1.29 is 19.3 Å². The van der Waals surface area contributed by atoms with Crippen LogP contribution in [0.3, 0.4) is 0 Å². The second kappa shape index (κ2) is 3.75. The molecule has 5 nitrogen and oxygen atoms in total. The molecule has 0 amide bonds. The molecule has 1 fully saturated rings. The first kappa shape index (κ1) is 10.9. The molecule has 3 atom stereocenters. The first-order valence-electron chi connectivity index (χ1n) is 5.10. The summed E-state index contributed by atoms with van der Waals surface area (Å²) in [5.41, 5.74) is 5.88. The fraction of sp³-hybridized carbons (Fsp3) is 0.800.